The van der Waals surface area contributed by atoms with E-state index in [1.54, 1.807) is 4.90 Å². The smallest absolute Gasteiger partial charge is 0.325 e. The van der Waals surface area contributed by atoms with Gasteiger partial charge in [-0.2, -0.15) is 0 Å². The van der Waals surface area contributed by atoms with Crippen molar-refractivity contribution in [2.24, 2.45) is 16.6 Å². The quantitative estimate of drug-likeness (QED) is 0.350. The second-order valence-electron chi connectivity index (χ2n) is 10.7. The van der Waals surface area contributed by atoms with Gasteiger partial charge in [0.1, 0.15) is 18.9 Å². The van der Waals surface area contributed by atoms with E-state index >= 15 is 0 Å². The molecule has 1 saturated heterocycles. The van der Waals surface area contributed by atoms with Crippen molar-refractivity contribution in [1.29, 1.82) is 0 Å². The van der Waals surface area contributed by atoms with Gasteiger partial charge in [-0.25, -0.2) is 10.0 Å². The van der Waals surface area contributed by atoms with E-state index < -0.39 is 0 Å². The minimum Gasteiger partial charge on any atom is -0.493 e. The Balaban J connectivity index is 1.09. The average Bonchev–Trinajstić information content (AvgIpc) is 2.95. The topological polar surface area (TPSA) is 109 Å². The average molecular weight is 534 g/mol. The van der Waals surface area contributed by atoms with Gasteiger partial charge in [-0.15, -0.1) is 0 Å². The number of hydrazine groups is 1. The van der Waals surface area contributed by atoms with Crippen LogP contribution in [0, 0.1) is 5.92 Å². The molecule has 2 unspecified atom stereocenters. The molecule has 208 valence electrons. The van der Waals surface area contributed by atoms with E-state index in [2.05, 4.69) is 15.4 Å². The summed E-state index contributed by atoms with van der Waals surface area (Å²) in [6.07, 6.45) is 8.50. The van der Waals surface area contributed by atoms with Gasteiger partial charge < -0.3 is 20.1 Å². The third-order valence-electron chi connectivity index (χ3n) is 7.90. The van der Waals surface area contributed by atoms with E-state index in [1.165, 1.54) is 32.1 Å². The molecular formula is C30H39N5O4. The highest BCUT2D eigenvalue weighted by Gasteiger charge is 2.34. The Bertz CT molecular complexity index is 1170. The zero-order valence-electron chi connectivity index (χ0n) is 22.5. The van der Waals surface area contributed by atoms with Crippen molar-refractivity contribution in [3.05, 3.63) is 59.7 Å². The number of hydrogen-bond donors (Lipinski definition) is 2. The standard InChI is InChI=1S/C30H39N5O4/c31-30-32-25-13-6-15-27(24(25)19-34(30)20-29(37)39-21-22-9-2-1-3-10-22)38-18-8-16-28(36)33-35-17-7-12-23-11-4-5-14-26(23)35/h1-3,6,9-10,13,15,23,26H,4-5,7-8,11-12,14,16-21H2,(H2,31,32)(H,33,36). The lowest BCUT2D eigenvalue weighted by molar-refractivity contribution is -0.145. The highest BCUT2D eigenvalue weighted by molar-refractivity contribution is 5.87. The Kier molecular flexibility index (Phi) is 8.98. The molecule has 0 bridgehead atoms. The molecule has 2 heterocycles. The minimum atomic E-state index is -0.377. The number of rotatable bonds is 10. The fourth-order valence-electron chi connectivity index (χ4n) is 5.89. The molecule has 5 rings (SSSR count). The monoisotopic (exact) mass is 533 g/mol. The van der Waals surface area contributed by atoms with Crippen LogP contribution in [0.15, 0.2) is 53.5 Å². The van der Waals surface area contributed by atoms with Crippen LogP contribution in [0.25, 0.3) is 0 Å². The van der Waals surface area contributed by atoms with Gasteiger partial charge in [-0.05, 0) is 55.7 Å². The number of carbonyl (C=O) groups is 2. The van der Waals surface area contributed by atoms with Crippen LogP contribution in [0.5, 0.6) is 5.75 Å². The summed E-state index contributed by atoms with van der Waals surface area (Å²) in [6.45, 7) is 1.95. The number of ether oxygens (including phenoxy) is 2. The second-order valence-corrected chi connectivity index (χ2v) is 10.7. The summed E-state index contributed by atoms with van der Waals surface area (Å²) in [5, 5.41) is 2.20. The van der Waals surface area contributed by atoms with Crippen molar-refractivity contribution in [2.45, 2.75) is 70.6 Å². The molecule has 9 nitrogen and oxygen atoms in total. The van der Waals surface area contributed by atoms with Gasteiger partial charge in [0.05, 0.1) is 18.8 Å². The molecule has 1 saturated carbocycles. The molecule has 0 spiro atoms. The third-order valence-corrected chi connectivity index (χ3v) is 7.90. The maximum absolute atomic E-state index is 12.7. The van der Waals surface area contributed by atoms with Crippen molar-refractivity contribution >= 4 is 23.5 Å². The Hall–Kier alpha value is -3.59. The molecule has 2 aromatic rings. The van der Waals surface area contributed by atoms with Gasteiger partial charge in [0.15, 0.2) is 5.96 Å². The van der Waals surface area contributed by atoms with Crippen LogP contribution in [-0.4, -0.2) is 53.5 Å². The lowest BCUT2D eigenvalue weighted by Crippen LogP contribution is -2.55. The Morgan fingerprint density at radius 1 is 1.03 bits per heavy atom. The number of nitrogens with two attached hydrogens (primary N) is 1. The number of nitrogens with one attached hydrogen (secondary N) is 1. The molecule has 3 N–H and O–H groups in total. The van der Waals surface area contributed by atoms with Gasteiger partial charge in [0, 0.05) is 24.6 Å². The van der Waals surface area contributed by atoms with Crippen LogP contribution in [-0.2, 0) is 27.5 Å². The van der Waals surface area contributed by atoms with Crippen molar-refractivity contribution in [2.75, 3.05) is 19.7 Å². The summed E-state index contributed by atoms with van der Waals surface area (Å²) in [6, 6.07) is 15.7. The Morgan fingerprint density at radius 3 is 2.72 bits per heavy atom. The molecule has 2 aliphatic heterocycles. The van der Waals surface area contributed by atoms with E-state index in [-0.39, 0.29) is 31.0 Å². The maximum Gasteiger partial charge on any atom is 0.325 e. The summed E-state index contributed by atoms with van der Waals surface area (Å²) in [5.41, 5.74) is 11.8. The number of piperidine rings is 1. The highest BCUT2D eigenvalue weighted by atomic mass is 16.5. The van der Waals surface area contributed by atoms with E-state index in [4.69, 9.17) is 15.2 Å². The SMILES string of the molecule is NC1=Nc2cccc(OCCCC(=O)NN3CCCC4CCCCC43)c2CN1CC(=O)OCc1ccccc1. The first-order valence-electron chi connectivity index (χ1n) is 14.2. The van der Waals surface area contributed by atoms with E-state index in [0.29, 0.717) is 37.8 Å². The summed E-state index contributed by atoms with van der Waals surface area (Å²) in [7, 11) is 0. The first kappa shape index (κ1) is 27.0. The van der Waals surface area contributed by atoms with Crippen LogP contribution >= 0.6 is 0 Å². The fourth-order valence-corrected chi connectivity index (χ4v) is 5.89. The largest absolute Gasteiger partial charge is 0.493 e. The van der Waals surface area contributed by atoms with Crippen LogP contribution < -0.4 is 15.9 Å². The number of aliphatic imine (C=N–C) groups is 1. The first-order chi connectivity index (χ1) is 19.1. The second kappa shape index (κ2) is 13.0. The molecule has 2 aromatic carbocycles. The molecule has 39 heavy (non-hydrogen) atoms. The number of fused-ring (bicyclic) bond motifs is 2. The molecule has 1 amide bonds. The normalized spacial score (nSPS) is 20.8. The van der Waals surface area contributed by atoms with Gasteiger partial charge in [-0.1, -0.05) is 49.2 Å². The van der Waals surface area contributed by atoms with Crippen LogP contribution in [0.4, 0.5) is 5.69 Å². The number of hydrogen-bond acceptors (Lipinski definition) is 8. The van der Waals surface area contributed by atoms with Crippen molar-refractivity contribution in [1.82, 2.24) is 15.3 Å². The number of nitrogens with zero attached hydrogens (tertiary/aromatic N) is 3. The van der Waals surface area contributed by atoms with Crippen molar-refractivity contribution < 1.29 is 19.1 Å². The van der Waals surface area contributed by atoms with Gasteiger partial charge in [-0.3, -0.25) is 15.0 Å². The van der Waals surface area contributed by atoms with Crippen molar-refractivity contribution in [3.8, 4) is 5.75 Å². The molecule has 9 heteroatoms. The van der Waals surface area contributed by atoms with Gasteiger partial charge in [0.25, 0.3) is 0 Å². The zero-order valence-corrected chi connectivity index (χ0v) is 22.5. The Morgan fingerprint density at radius 2 is 1.85 bits per heavy atom. The van der Waals surface area contributed by atoms with Crippen LogP contribution in [0.3, 0.4) is 0 Å². The number of benzene rings is 2. The van der Waals surface area contributed by atoms with E-state index in [9.17, 15) is 9.59 Å². The van der Waals surface area contributed by atoms with Crippen LogP contribution in [0.1, 0.15) is 62.5 Å². The molecular weight excluding hydrogens is 494 g/mol. The highest BCUT2D eigenvalue weighted by Crippen LogP contribution is 2.35. The third kappa shape index (κ3) is 7.09. The Labute approximate surface area is 230 Å². The fraction of sp³-hybridized carbons (Fsp3) is 0.500. The van der Waals surface area contributed by atoms with E-state index in [1.807, 2.05) is 48.5 Å². The maximum atomic E-state index is 12.7. The molecule has 0 radical (unpaired) electrons. The predicted octanol–water partition coefficient (Wildman–Crippen LogP) is 4.04. The summed E-state index contributed by atoms with van der Waals surface area (Å²) in [4.78, 5) is 31.3. The zero-order chi connectivity index (χ0) is 27.0. The number of esters is 1. The number of carbonyl (C=O) groups excluding carboxylic acids is 2. The van der Waals surface area contributed by atoms with Gasteiger partial charge in [0.2, 0.25) is 5.91 Å². The lowest BCUT2D eigenvalue weighted by atomic mass is 9.79. The first-order valence-corrected chi connectivity index (χ1v) is 14.2. The van der Waals surface area contributed by atoms with E-state index in [0.717, 1.165) is 35.7 Å². The molecule has 2 fully saturated rings. The lowest BCUT2D eigenvalue weighted by Gasteiger charge is -2.43. The molecule has 0 aromatic heterocycles. The summed E-state index contributed by atoms with van der Waals surface area (Å²) >= 11 is 0. The summed E-state index contributed by atoms with van der Waals surface area (Å²) < 4.78 is 11.5. The predicted molar refractivity (Wildman–Crippen MR) is 149 cm³/mol. The van der Waals surface area contributed by atoms with Crippen molar-refractivity contribution in [3.63, 3.8) is 0 Å². The number of guanidine groups is 1. The number of amides is 1. The summed E-state index contributed by atoms with van der Waals surface area (Å²) in [5.74, 6) is 1.36. The van der Waals surface area contributed by atoms with Crippen LogP contribution in [0.2, 0.25) is 0 Å². The molecule has 2 atom stereocenters. The van der Waals surface area contributed by atoms with Gasteiger partial charge >= 0.3 is 5.97 Å². The molecule has 1 aliphatic carbocycles. The minimum absolute atomic E-state index is 0.00549. The molecule has 3 aliphatic rings.